The quantitative estimate of drug-likeness (QED) is 0.658. The third-order valence-electron chi connectivity index (χ3n) is 3.70. The highest BCUT2D eigenvalue weighted by atomic mass is 35.5. The molecule has 0 radical (unpaired) electrons. The highest BCUT2D eigenvalue weighted by Crippen LogP contribution is 2.21. The fraction of sp³-hybridized carbons (Fsp3) is 0.105. The molecule has 0 fully saturated rings. The maximum atomic E-state index is 13.8. The average Bonchev–Trinajstić information content (AvgIpc) is 2.59. The summed E-state index contributed by atoms with van der Waals surface area (Å²) in [6.45, 7) is 3.50. The van der Waals surface area contributed by atoms with Crippen LogP contribution in [-0.2, 0) is 0 Å². The van der Waals surface area contributed by atoms with E-state index in [0.717, 1.165) is 17.7 Å². The van der Waals surface area contributed by atoms with Gasteiger partial charge in [0, 0.05) is 22.5 Å². The molecule has 1 amide bonds. The topological polar surface area (TPSA) is 66.9 Å². The monoisotopic (exact) mass is 388 g/mol. The minimum absolute atomic E-state index is 0.00176. The zero-order chi connectivity index (χ0) is 19.6. The lowest BCUT2D eigenvalue weighted by Gasteiger charge is -2.11. The standard InChI is InChI=1S/C19H15ClF2N4O/c1-10-7-12(20)3-5-15(10)24-18(27)17-8-11(2)23-19(26-17)25-16-6-4-13(21)9-14(16)22/h3-9H,1-2H3,(H,24,27)(H,23,25,26). The van der Waals surface area contributed by atoms with Gasteiger partial charge in [-0.05, 0) is 55.8 Å². The number of rotatable bonds is 4. The number of benzene rings is 2. The van der Waals surface area contributed by atoms with Crippen LogP contribution in [0.5, 0.6) is 0 Å². The molecule has 0 atom stereocenters. The van der Waals surface area contributed by atoms with Crippen LogP contribution in [0, 0.1) is 25.5 Å². The molecule has 0 spiro atoms. The normalized spacial score (nSPS) is 10.6. The van der Waals surface area contributed by atoms with Crippen LogP contribution >= 0.6 is 11.6 Å². The van der Waals surface area contributed by atoms with E-state index < -0.39 is 17.5 Å². The highest BCUT2D eigenvalue weighted by Gasteiger charge is 2.13. The predicted molar refractivity (Wildman–Crippen MR) is 101 cm³/mol. The Bertz CT molecular complexity index is 1030. The van der Waals surface area contributed by atoms with Gasteiger partial charge in [0.05, 0.1) is 5.69 Å². The molecule has 0 aliphatic heterocycles. The molecular formula is C19H15ClF2N4O. The van der Waals surface area contributed by atoms with Crippen molar-refractivity contribution in [2.24, 2.45) is 0 Å². The summed E-state index contributed by atoms with van der Waals surface area (Å²) < 4.78 is 26.8. The maximum absolute atomic E-state index is 13.8. The molecule has 1 aromatic heterocycles. The van der Waals surface area contributed by atoms with E-state index in [1.54, 1.807) is 25.1 Å². The second kappa shape index (κ2) is 7.67. The van der Waals surface area contributed by atoms with Crippen molar-refractivity contribution in [3.8, 4) is 0 Å². The Balaban J connectivity index is 1.85. The van der Waals surface area contributed by atoms with E-state index in [1.165, 1.54) is 12.1 Å². The Morgan fingerprint density at radius 2 is 1.74 bits per heavy atom. The predicted octanol–water partition coefficient (Wildman–Crippen LogP) is 5.02. The lowest BCUT2D eigenvalue weighted by Crippen LogP contribution is -2.16. The van der Waals surface area contributed by atoms with E-state index in [-0.39, 0.29) is 17.3 Å². The van der Waals surface area contributed by atoms with Crippen LogP contribution in [0.1, 0.15) is 21.7 Å². The Hall–Kier alpha value is -3.06. The van der Waals surface area contributed by atoms with Crippen LogP contribution in [0.25, 0.3) is 0 Å². The second-order valence-electron chi connectivity index (χ2n) is 5.88. The fourth-order valence-electron chi connectivity index (χ4n) is 2.41. The van der Waals surface area contributed by atoms with E-state index in [2.05, 4.69) is 20.6 Å². The molecule has 0 unspecified atom stereocenters. The van der Waals surface area contributed by atoms with Gasteiger partial charge >= 0.3 is 0 Å². The number of amides is 1. The number of aryl methyl sites for hydroxylation is 2. The van der Waals surface area contributed by atoms with E-state index in [9.17, 15) is 13.6 Å². The number of hydrogen-bond donors (Lipinski definition) is 2. The number of carbonyl (C=O) groups excluding carboxylic acids is 1. The molecule has 0 saturated heterocycles. The summed E-state index contributed by atoms with van der Waals surface area (Å²) in [5.74, 6) is -1.91. The molecule has 0 aliphatic rings. The van der Waals surface area contributed by atoms with Gasteiger partial charge in [-0.25, -0.2) is 18.7 Å². The van der Waals surface area contributed by atoms with Crippen molar-refractivity contribution in [3.63, 3.8) is 0 Å². The lowest BCUT2D eigenvalue weighted by molar-refractivity contribution is 0.102. The number of nitrogens with one attached hydrogen (secondary N) is 2. The minimum atomic E-state index is -0.789. The van der Waals surface area contributed by atoms with Crippen molar-refractivity contribution in [3.05, 3.63) is 76.1 Å². The van der Waals surface area contributed by atoms with Crippen molar-refractivity contribution < 1.29 is 13.6 Å². The number of hydrogen-bond acceptors (Lipinski definition) is 4. The molecule has 2 N–H and O–H groups in total. The number of carbonyl (C=O) groups is 1. The minimum Gasteiger partial charge on any atom is -0.322 e. The van der Waals surface area contributed by atoms with Crippen molar-refractivity contribution in [2.45, 2.75) is 13.8 Å². The summed E-state index contributed by atoms with van der Waals surface area (Å²) in [4.78, 5) is 20.8. The van der Waals surface area contributed by atoms with Crippen molar-refractivity contribution in [1.82, 2.24) is 9.97 Å². The van der Waals surface area contributed by atoms with E-state index in [4.69, 9.17) is 11.6 Å². The van der Waals surface area contributed by atoms with Crippen LogP contribution in [0.2, 0.25) is 5.02 Å². The second-order valence-corrected chi connectivity index (χ2v) is 6.32. The molecule has 27 heavy (non-hydrogen) atoms. The Morgan fingerprint density at radius 1 is 1.00 bits per heavy atom. The Morgan fingerprint density at radius 3 is 2.44 bits per heavy atom. The first-order chi connectivity index (χ1) is 12.8. The molecule has 0 aliphatic carbocycles. The third kappa shape index (κ3) is 4.57. The molecule has 5 nitrogen and oxygen atoms in total. The van der Waals surface area contributed by atoms with Crippen LogP contribution in [0.3, 0.4) is 0 Å². The number of nitrogens with zero attached hydrogens (tertiary/aromatic N) is 2. The molecule has 1 heterocycles. The number of anilines is 3. The first-order valence-corrected chi connectivity index (χ1v) is 8.35. The van der Waals surface area contributed by atoms with E-state index >= 15 is 0 Å². The summed E-state index contributed by atoms with van der Waals surface area (Å²) in [6, 6.07) is 9.68. The fourth-order valence-corrected chi connectivity index (χ4v) is 2.63. The average molecular weight is 389 g/mol. The lowest BCUT2D eigenvalue weighted by atomic mass is 10.2. The van der Waals surface area contributed by atoms with Crippen LogP contribution in [0.15, 0.2) is 42.5 Å². The Labute approximate surface area is 159 Å². The summed E-state index contributed by atoms with van der Waals surface area (Å²) in [7, 11) is 0. The summed E-state index contributed by atoms with van der Waals surface area (Å²) in [5, 5.41) is 5.97. The molecule has 0 bridgehead atoms. The van der Waals surface area contributed by atoms with Crippen LogP contribution < -0.4 is 10.6 Å². The van der Waals surface area contributed by atoms with Crippen molar-refractivity contribution >= 4 is 34.8 Å². The van der Waals surface area contributed by atoms with Gasteiger partial charge in [0.1, 0.15) is 17.3 Å². The summed E-state index contributed by atoms with van der Waals surface area (Å²) in [5.41, 5.74) is 2.00. The van der Waals surface area contributed by atoms with Gasteiger partial charge in [0.15, 0.2) is 0 Å². The van der Waals surface area contributed by atoms with E-state index in [1.807, 2.05) is 6.92 Å². The molecule has 8 heteroatoms. The molecule has 3 rings (SSSR count). The van der Waals surface area contributed by atoms with Crippen molar-refractivity contribution in [2.75, 3.05) is 10.6 Å². The van der Waals surface area contributed by atoms with Crippen LogP contribution in [0.4, 0.5) is 26.1 Å². The third-order valence-corrected chi connectivity index (χ3v) is 3.94. The van der Waals surface area contributed by atoms with Crippen molar-refractivity contribution in [1.29, 1.82) is 0 Å². The van der Waals surface area contributed by atoms with Gasteiger partial charge in [-0.2, -0.15) is 0 Å². The molecule has 2 aromatic carbocycles. The number of aromatic nitrogens is 2. The van der Waals surface area contributed by atoms with Gasteiger partial charge in [-0.1, -0.05) is 11.6 Å². The molecule has 138 valence electrons. The maximum Gasteiger partial charge on any atom is 0.274 e. The summed E-state index contributed by atoms with van der Waals surface area (Å²) in [6.07, 6.45) is 0. The SMILES string of the molecule is Cc1cc(C(=O)Nc2ccc(Cl)cc2C)nc(Nc2ccc(F)cc2F)n1. The molecular weight excluding hydrogens is 374 g/mol. The van der Waals surface area contributed by atoms with Gasteiger partial charge in [0.2, 0.25) is 5.95 Å². The smallest absolute Gasteiger partial charge is 0.274 e. The number of halogens is 3. The van der Waals surface area contributed by atoms with Gasteiger partial charge < -0.3 is 10.6 Å². The zero-order valence-electron chi connectivity index (χ0n) is 14.5. The summed E-state index contributed by atoms with van der Waals surface area (Å²) >= 11 is 5.92. The highest BCUT2D eigenvalue weighted by molar-refractivity contribution is 6.30. The molecule has 3 aromatic rings. The first kappa shape index (κ1) is 18.7. The van der Waals surface area contributed by atoms with Gasteiger partial charge in [-0.15, -0.1) is 0 Å². The zero-order valence-corrected chi connectivity index (χ0v) is 15.2. The van der Waals surface area contributed by atoms with Crippen LogP contribution in [-0.4, -0.2) is 15.9 Å². The van der Waals surface area contributed by atoms with Gasteiger partial charge in [-0.3, -0.25) is 4.79 Å². The first-order valence-electron chi connectivity index (χ1n) is 7.97. The van der Waals surface area contributed by atoms with Gasteiger partial charge in [0.25, 0.3) is 5.91 Å². The van der Waals surface area contributed by atoms with E-state index in [0.29, 0.717) is 16.4 Å². The largest absolute Gasteiger partial charge is 0.322 e. The Kier molecular flexibility index (Phi) is 5.32. The molecule has 0 saturated carbocycles.